The quantitative estimate of drug-likeness (QED) is 0.673. The molecule has 1 aromatic heterocycles. The topological polar surface area (TPSA) is 37.3 Å². The van der Waals surface area contributed by atoms with E-state index >= 15 is 0 Å². The SMILES string of the molecule is CCn1cc2c3c(cccc31)CN(C(=O)Nc1cccc(Cl)c1F)CC2. The number of nitrogens with one attached hydrogen (secondary N) is 1. The Bertz CT molecular complexity index is 998. The number of aromatic nitrogens is 1. The van der Waals surface area contributed by atoms with E-state index in [1.807, 2.05) is 6.07 Å². The van der Waals surface area contributed by atoms with Crippen molar-refractivity contribution in [2.75, 3.05) is 11.9 Å². The molecular weight excluding hydrogens is 353 g/mol. The molecule has 0 bridgehead atoms. The monoisotopic (exact) mass is 371 g/mol. The maximum absolute atomic E-state index is 14.1. The molecule has 0 radical (unpaired) electrons. The van der Waals surface area contributed by atoms with E-state index in [9.17, 15) is 9.18 Å². The number of hydrogen-bond donors (Lipinski definition) is 1. The van der Waals surface area contributed by atoms with Gasteiger partial charge in [0, 0.05) is 36.7 Å². The van der Waals surface area contributed by atoms with Crippen LogP contribution >= 0.6 is 11.6 Å². The zero-order valence-corrected chi connectivity index (χ0v) is 15.2. The average Bonchev–Trinajstić information content (AvgIpc) is 2.89. The summed E-state index contributed by atoms with van der Waals surface area (Å²) in [6, 6.07) is 10.4. The van der Waals surface area contributed by atoms with Crippen molar-refractivity contribution in [2.24, 2.45) is 0 Å². The summed E-state index contributed by atoms with van der Waals surface area (Å²) in [6.07, 6.45) is 2.94. The number of halogens is 2. The molecule has 134 valence electrons. The molecule has 0 spiro atoms. The molecular formula is C20H19ClFN3O. The van der Waals surface area contributed by atoms with Gasteiger partial charge in [0.1, 0.15) is 0 Å². The number of urea groups is 1. The predicted octanol–water partition coefficient (Wildman–Crippen LogP) is 5.04. The number of aryl methyl sites for hydroxylation is 1. The van der Waals surface area contributed by atoms with E-state index in [4.69, 9.17) is 11.6 Å². The first-order valence-electron chi connectivity index (χ1n) is 8.68. The van der Waals surface area contributed by atoms with Crippen molar-refractivity contribution in [1.29, 1.82) is 0 Å². The van der Waals surface area contributed by atoms with Crippen LogP contribution in [0.3, 0.4) is 0 Å². The zero-order chi connectivity index (χ0) is 18.3. The molecule has 0 unspecified atom stereocenters. The van der Waals surface area contributed by atoms with Gasteiger partial charge in [-0.2, -0.15) is 0 Å². The lowest BCUT2D eigenvalue weighted by Crippen LogP contribution is -2.35. The van der Waals surface area contributed by atoms with Gasteiger partial charge in [-0.05, 0) is 42.7 Å². The van der Waals surface area contributed by atoms with Gasteiger partial charge >= 0.3 is 6.03 Å². The Balaban J connectivity index is 1.62. The van der Waals surface area contributed by atoms with Gasteiger partial charge in [-0.1, -0.05) is 29.8 Å². The van der Waals surface area contributed by atoms with Crippen LogP contribution in [0, 0.1) is 5.82 Å². The maximum Gasteiger partial charge on any atom is 0.322 e. The van der Waals surface area contributed by atoms with Gasteiger partial charge in [-0.15, -0.1) is 0 Å². The van der Waals surface area contributed by atoms with Gasteiger partial charge in [-0.25, -0.2) is 9.18 Å². The van der Waals surface area contributed by atoms with E-state index in [-0.39, 0.29) is 16.7 Å². The minimum absolute atomic E-state index is 0.00654. The van der Waals surface area contributed by atoms with Crippen molar-refractivity contribution in [3.8, 4) is 0 Å². The Labute approximate surface area is 156 Å². The van der Waals surface area contributed by atoms with Gasteiger partial charge in [-0.3, -0.25) is 0 Å². The zero-order valence-electron chi connectivity index (χ0n) is 14.4. The first-order chi connectivity index (χ1) is 12.6. The summed E-state index contributed by atoms with van der Waals surface area (Å²) in [6.45, 7) is 4.11. The minimum atomic E-state index is -0.611. The van der Waals surface area contributed by atoms with Gasteiger partial charge < -0.3 is 14.8 Å². The fraction of sp³-hybridized carbons (Fsp3) is 0.250. The molecule has 2 heterocycles. The summed E-state index contributed by atoms with van der Waals surface area (Å²) < 4.78 is 16.3. The molecule has 3 aromatic rings. The van der Waals surface area contributed by atoms with Crippen molar-refractivity contribution in [3.05, 3.63) is 64.6 Å². The molecule has 4 nitrogen and oxygen atoms in total. The molecule has 2 amide bonds. The molecule has 1 aliphatic rings. The Morgan fingerprint density at radius 2 is 2.04 bits per heavy atom. The summed E-state index contributed by atoms with van der Waals surface area (Å²) >= 11 is 5.80. The Morgan fingerprint density at radius 3 is 2.85 bits per heavy atom. The van der Waals surface area contributed by atoms with E-state index in [1.54, 1.807) is 11.0 Å². The van der Waals surface area contributed by atoms with Crippen molar-refractivity contribution >= 4 is 34.2 Å². The second kappa shape index (κ2) is 6.65. The first kappa shape index (κ1) is 16.9. The average molecular weight is 372 g/mol. The van der Waals surface area contributed by atoms with Gasteiger partial charge in [0.05, 0.1) is 10.7 Å². The van der Waals surface area contributed by atoms with Gasteiger partial charge in [0.25, 0.3) is 0 Å². The van der Waals surface area contributed by atoms with Crippen LogP contribution in [0.5, 0.6) is 0 Å². The number of anilines is 1. The molecule has 1 N–H and O–H groups in total. The number of carbonyl (C=O) groups excluding carboxylic acids is 1. The van der Waals surface area contributed by atoms with E-state index in [1.165, 1.54) is 28.6 Å². The molecule has 6 heteroatoms. The Hall–Kier alpha value is -2.53. The van der Waals surface area contributed by atoms with Crippen LogP contribution in [0.2, 0.25) is 5.02 Å². The summed E-state index contributed by atoms with van der Waals surface area (Å²) in [5.74, 6) is -0.611. The van der Waals surface area contributed by atoms with E-state index in [0.717, 1.165) is 18.5 Å². The smallest absolute Gasteiger partial charge is 0.322 e. The molecule has 0 fully saturated rings. The third-order valence-corrected chi connectivity index (χ3v) is 5.20. The third kappa shape index (κ3) is 2.82. The molecule has 4 rings (SSSR count). The summed E-state index contributed by atoms with van der Waals surface area (Å²) in [5, 5.41) is 3.87. The maximum atomic E-state index is 14.1. The van der Waals surface area contributed by atoms with E-state index in [0.29, 0.717) is 13.1 Å². The van der Waals surface area contributed by atoms with Gasteiger partial charge in [0.15, 0.2) is 5.82 Å². The number of amides is 2. The van der Waals surface area contributed by atoms with Crippen LogP contribution in [0.15, 0.2) is 42.6 Å². The largest absolute Gasteiger partial charge is 0.347 e. The summed E-state index contributed by atoms with van der Waals surface area (Å²) in [7, 11) is 0. The van der Waals surface area contributed by atoms with Crippen molar-refractivity contribution in [2.45, 2.75) is 26.4 Å². The summed E-state index contributed by atoms with van der Waals surface area (Å²) in [5.41, 5.74) is 3.66. The fourth-order valence-electron chi connectivity index (χ4n) is 3.61. The van der Waals surface area contributed by atoms with Crippen LogP contribution in [0.4, 0.5) is 14.9 Å². The molecule has 0 aliphatic carbocycles. The first-order valence-corrected chi connectivity index (χ1v) is 9.06. The van der Waals surface area contributed by atoms with Crippen LogP contribution < -0.4 is 5.32 Å². The molecule has 0 atom stereocenters. The molecule has 0 saturated carbocycles. The lowest BCUT2D eigenvalue weighted by Gasteiger charge is -2.22. The summed E-state index contributed by atoms with van der Waals surface area (Å²) in [4.78, 5) is 14.4. The number of rotatable bonds is 2. The van der Waals surface area contributed by atoms with Crippen LogP contribution in [-0.2, 0) is 19.5 Å². The van der Waals surface area contributed by atoms with Crippen molar-refractivity contribution in [1.82, 2.24) is 9.47 Å². The second-order valence-electron chi connectivity index (χ2n) is 6.45. The highest BCUT2D eigenvalue weighted by molar-refractivity contribution is 6.31. The third-order valence-electron chi connectivity index (χ3n) is 4.90. The number of benzene rings is 2. The molecule has 1 aliphatic heterocycles. The van der Waals surface area contributed by atoms with E-state index in [2.05, 4.69) is 35.1 Å². The van der Waals surface area contributed by atoms with Crippen molar-refractivity contribution in [3.63, 3.8) is 0 Å². The van der Waals surface area contributed by atoms with Crippen LogP contribution in [0.25, 0.3) is 10.9 Å². The Morgan fingerprint density at radius 1 is 1.23 bits per heavy atom. The predicted molar refractivity (Wildman–Crippen MR) is 102 cm³/mol. The molecule has 0 saturated heterocycles. The highest BCUT2D eigenvalue weighted by atomic mass is 35.5. The van der Waals surface area contributed by atoms with Crippen molar-refractivity contribution < 1.29 is 9.18 Å². The molecule has 2 aromatic carbocycles. The second-order valence-corrected chi connectivity index (χ2v) is 6.86. The highest BCUT2D eigenvalue weighted by Gasteiger charge is 2.23. The van der Waals surface area contributed by atoms with Gasteiger partial charge in [0.2, 0.25) is 0 Å². The lowest BCUT2D eigenvalue weighted by molar-refractivity contribution is 0.210. The van der Waals surface area contributed by atoms with Crippen LogP contribution in [-0.4, -0.2) is 22.0 Å². The highest BCUT2D eigenvalue weighted by Crippen LogP contribution is 2.30. The minimum Gasteiger partial charge on any atom is -0.347 e. The number of carbonyl (C=O) groups is 1. The normalized spacial score (nSPS) is 13.7. The standard InChI is InChI=1S/C20H19ClFN3O/c1-2-24-11-14-9-10-25(12-13-5-3-8-17(24)18(13)14)20(26)23-16-7-4-6-15(21)19(16)22/h3-8,11H,2,9-10,12H2,1H3,(H,23,26). The van der Waals surface area contributed by atoms with E-state index < -0.39 is 5.82 Å². The molecule has 26 heavy (non-hydrogen) atoms. The fourth-order valence-corrected chi connectivity index (χ4v) is 3.78. The Kier molecular flexibility index (Phi) is 4.32. The lowest BCUT2D eigenvalue weighted by atomic mass is 10.1. The number of hydrogen-bond acceptors (Lipinski definition) is 1. The number of nitrogens with zero attached hydrogens (tertiary/aromatic N) is 2. The van der Waals surface area contributed by atoms with Crippen LogP contribution in [0.1, 0.15) is 18.1 Å².